The van der Waals surface area contributed by atoms with E-state index in [1.54, 1.807) is 6.20 Å². The predicted octanol–water partition coefficient (Wildman–Crippen LogP) is 3.94. The summed E-state index contributed by atoms with van der Waals surface area (Å²) in [6.45, 7) is 5.35. The minimum atomic E-state index is 0.544. The zero-order valence-electron chi connectivity index (χ0n) is 12.3. The molecule has 0 saturated carbocycles. The van der Waals surface area contributed by atoms with Gasteiger partial charge in [0.1, 0.15) is 4.60 Å². The van der Waals surface area contributed by atoms with Gasteiger partial charge in [-0.3, -0.25) is 4.40 Å². The number of aromatic nitrogens is 3. The number of nitrogens with one attached hydrogen (secondary N) is 1. The Balaban J connectivity index is 1.84. The average molecular weight is 339 g/mol. The maximum Gasteiger partial charge on any atom is 0.155 e. The molecule has 0 radical (unpaired) electrons. The fraction of sp³-hybridized carbons (Fsp3) is 0.600. The fourth-order valence-corrected chi connectivity index (χ4v) is 2.61. The molecule has 0 spiro atoms. The summed E-state index contributed by atoms with van der Waals surface area (Å²) in [5.74, 6) is 0. The molecule has 5 heteroatoms. The molecule has 1 unspecified atom stereocenters. The largest absolute Gasteiger partial charge is 0.309 e. The molecule has 20 heavy (non-hydrogen) atoms. The third kappa shape index (κ3) is 4.28. The van der Waals surface area contributed by atoms with Crippen LogP contribution in [0, 0.1) is 0 Å². The van der Waals surface area contributed by atoms with E-state index in [1.165, 1.54) is 37.8 Å². The minimum Gasteiger partial charge on any atom is -0.309 e. The van der Waals surface area contributed by atoms with Crippen molar-refractivity contribution in [2.45, 2.75) is 58.5 Å². The molecular weight excluding hydrogens is 316 g/mol. The maximum atomic E-state index is 4.36. The number of unbranched alkanes of at least 4 members (excludes halogenated alkanes) is 3. The van der Waals surface area contributed by atoms with Gasteiger partial charge < -0.3 is 5.32 Å². The van der Waals surface area contributed by atoms with Crippen molar-refractivity contribution in [1.29, 1.82) is 0 Å². The van der Waals surface area contributed by atoms with E-state index in [0.29, 0.717) is 6.04 Å². The van der Waals surface area contributed by atoms with Gasteiger partial charge in [-0.25, -0.2) is 9.97 Å². The van der Waals surface area contributed by atoms with Crippen molar-refractivity contribution in [3.63, 3.8) is 0 Å². The highest BCUT2D eigenvalue weighted by Gasteiger charge is 2.06. The van der Waals surface area contributed by atoms with Crippen LogP contribution < -0.4 is 5.32 Å². The first-order valence-electron chi connectivity index (χ1n) is 7.41. The molecule has 2 aromatic heterocycles. The summed E-state index contributed by atoms with van der Waals surface area (Å²) in [4.78, 5) is 8.55. The fourth-order valence-electron chi connectivity index (χ4n) is 2.31. The standard InChI is InChI=1S/C15H23BrN4/c1-3-4-5-6-7-12(2)17-8-13-9-19-15-10-18-14(16)11-20(13)15/h9-12,17H,3-8H2,1-2H3. The molecule has 2 rings (SSSR count). The highest BCUT2D eigenvalue weighted by Crippen LogP contribution is 2.11. The van der Waals surface area contributed by atoms with Crippen LogP contribution in [0.5, 0.6) is 0 Å². The first-order chi connectivity index (χ1) is 9.70. The molecule has 0 fully saturated rings. The lowest BCUT2D eigenvalue weighted by atomic mass is 10.1. The SMILES string of the molecule is CCCCCCC(C)NCc1cnc2cnc(Br)cn12. The van der Waals surface area contributed by atoms with Gasteiger partial charge in [-0.1, -0.05) is 32.6 Å². The van der Waals surface area contributed by atoms with Crippen LogP contribution in [0.4, 0.5) is 0 Å². The van der Waals surface area contributed by atoms with Gasteiger partial charge in [-0.05, 0) is 29.3 Å². The van der Waals surface area contributed by atoms with Crippen molar-refractivity contribution >= 4 is 21.6 Å². The van der Waals surface area contributed by atoms with Crippen LogP contribution in [-0.4, -0.2) is 20.4 Å². The van der Waals surface area contributed by atoms with Gasteiger partial charge in [0.25, 0.3) is 0 Å². The van der Waals surface area contributed by atoms with E-state index in [4.69, 9.17) is 0 Å². The van der Waals surface area contributed by atoms with Crippen LogP contribution in [0.2, 0.25) is 0 Å². The Bertz CT molecular complexity index is 538. The number of hydrogen-bond donors (Lipinski definition) is 1. The van der Waals surface area contributed by atoms with Crippen LogP contribution in [0.1, 0.15) is 51.6 Å². The van der Waals surface area contributed by atoms with Gasteiger partial charge in [-0.2, -0.15) is 0 Å². The van der Waals surface area contributed by atoms with Gasteiger partial charge in [0, 0.05) is 18.8 Å². The molecule has 1 atom stereocenters. The second-order valence-electron chi connectivity index (χ2n) is 5.32. The molecule has 0 aromatic carbocycles. The molecule has 0 aliphatic heterocycles. The van der Waals surface area contributed by atoms with Crippen molar-refractivity contribution in [2.24, 2.45) is 0 Å². The van der Waals surface area contributed by atoms with Crippen LogP contribution in [0.25, 0.3) is 5.65 Å². The average Bonchev–Trinajstić information content (AvgIpc) is 2.83. The number of nitrogens with zero attached hydrogens (tertiary/aromatic N) is 3. The molecule has 0 saturated heterocycles. The second kappa shape index (κ2) is 7.74. The number of hydrogen-bond acceptors (Lipinski definition) is 3. The van der Waals surface area contributed by atoms with Gasteiger partial charge in [0.2, 0.25) is 0 Å². The molecule has 0 amide bonds. The summed E-state index contributed by atoms with van der Waals surface area (Å²) in [6.07, 6.45) is 12.2. The quantitative estimate of drug-likeness (QED) is 0.741. The molecule has 4 nitrogen and oxygen atoms in total. The van der Waals surface area contributed by atoms with Crippen molar-refractivity contribution in [3.05, 3.63) is 28.9 Å². The van der Waals surface area contributed by atoms with E-state index in [2.05, 4.69) is 49.5 Å². The van der Waals surface area contributed by atoms with Gasteiger partial charge in [-0.15, -0.1) is 0 Å². The highest BCUT2D eigenvalue weighted by molar-refractivity contribution is 9.10. The zero-order chi connectivity index (χ0) is 14.4. The Morgan fingerprint density at radius 2 is 2.10 bits per heavy atom. The van der Waals surface area contributed by atoms with Crippen LogP contribution >= 0.6 is 15.9 Å². The van der Waals surface area contributed by atoms with E-state index >= 15 is 0 Å². The predicted molar refractivity (Wildman–Crippen MR) is 85.7 cm³/mol. The molecule has 0 aliphatic carbocycles. The molecule has 2 aromatic rings. The third-order valence-corrected chi connectivity index (χ3v) is 3.97. The monoisotopic (exact) mass is 338 g/mol. The Labute approximate surface area is 129 Å². The van der Waals surface area contributed by atoms with Gasteiger partial charge in [0.05, 0.1) is 18.1 Å². The van der Waals surface area contributed by atoms with Gasteiger partial charge in [0.15, 0.2) is 5.65 Å². The van der Waals surface area contributed by atoms with Crippen molar-refractivity contribution in [3.8, 4) is 0 Å². The minimum absolute atomic E-state index is 0.544. The number of imidazole rings is 1. The van der Waals surface area contributed by atoms with E-state index in [0.717, 1.165) is 16.8 Å². The lowest BCUT2D eigenvalue weighted by molar-refractivity contribution is 0.479. The number of rotatable bonds is 8. The maximum absolute atomic E-state index is 4.36. The first kappa shape index (κ1) is 15.4. The van der Waals surface area contributed by atoms with E-state index in [1.807, 2.05) is 12.4 Å². The Morgan fingerprint density at radius 3 is 2.90 bits per heavy atom. The summed E-state index contributed by atoms with van der Waals surface area (Å²) < 4.78 is 2.91. The van der Waals surface area contributed by atoms with Gasteiger partial charge >= 0.3 is 0 Å². The zero-order valence-corrected chi connectivity index (χ0v) is 13.9. The lowest BCUT2D eigenvalue weighted by Gasteiger charge is -2.13. The van der Waals surface area contributed by atoms with Crippen LogP contribution in [-0.2, 0) is 6.54 Å². The molecule has 2 heterocycles. The first-order valence-corrected chi connectivity index (χ1v) is 8.21. The molecular formula is C15H23BrN4. The smallest absolute Gasteiger partial charge is 0.155 e. The normalized spacial score (nSPS) is 12.9. The Hall–Kier alpha value is -0.940. The lowest BCUT2D eigenvalue weighted by Crippen LogP contribution is -2.25. The van der Waals surface area contributed by atoms with Crippen molar-refractivity contribution < 1.29 is 0 Å². The van der Waals surface area contributed by atoms with E-state index < -0.39 is 0 Å². The highest BCUT2D eigenvalue weighted by atomic mass is 79.9. The second-order valence-corrected chi connectivity index (χ2v) is 6.13. The van der Waals surface area contributed by atoms with Crippen molar-refractivity contribution in [2.75, 3.05) is 0 Å². The Kier molecular flexibility index (Phi) is 5.98. The van der Waals surface area contributed by atoms with Crippen molar-refractivity contribution in [1.82, 2.24) is 19.7 Å². The number of fused-ring (bicyclic) bond motifs is 1. The number of halogens is 1. The summed E-state index contributed by atoms with van der Waals surface area (Å²) in [5.41, 5.74) is 2.06. The van der Waals surface area contributed by atoms with Crippen LogP contribution in [0.3, 0.4) is 0 Å². The van der Waals surface area contributed by atoms with Crippen LogP contribution in [0.15, 0.2) is 23.2 Å². The van der Waals surface area contributed by atoms with E-state index in [9.17, 15) is 0 Å². The molecule has 0 aliphatic rings. The Morgan fingerprint density at radius 1 is 1.25 bits per heavy atom. The summed E-state index contributed by atoms with van der Waals surface area (Å²) in [7, 11) is 0. The summed E-state index contributed by atoms with van der Waals surface area (Å²) >= 11 is 3.40. The topological polar surface area (TPSA) is 42.2 Å². The molecule has 1 N–H and O–H groups in total. The summed E-state index contributed by atoms with van der Waals surface area (Å²) in [5, 5.41) is 3.58. The van der Waals surface area contributed by atoms with E-state index in [-0.39, 0.29) is 0 Å². The molecule has 0 bridgehead atoms. The third-order valence-electron chi connectivity index (χ3n) is 3.56. The molecule has 110 valence electrons. The summed E-state index contributed by atoms with van der Waals surface area (Å²) in [6, 6.07) is 0.544.